The number of carbonyl (C=O) groups is 1. The lowest BCUT2D eigenvalue weighted by atomic mass is 10.1. The maximum Gasteiger partial charge on any atom is 0.337 e. The van der Waals surface area contributed by atoms with E-state index in [1.807, 2.05) is 11.9 Å². The van der Waals surface area contributed by atoms with Crippen molar-refractivity contribution in [2.45, 2.75) is 13.3 Å². The third-order valence-corrected chi connectivity index (χ3v) is 3.63. The van der Waals surface area contributed by atoms with Crippen molar-refractivity contribution in [1.82, 2.24) is 0 Å². The number of hydrogen-bond acceptors (Lipinski definition) is 3. The average molecular weight is 249 g/mol. The molecule has 1 aliphatic carbocycles. The second-order valence-corrected chi connectivity index (χ2v) is 5.04. The van der Waals surface area contributed by atoms with Gasteiger partial charge in [0.15, 0.2) is 0 Å². The van der Waals surface area contributed by atoms with Gasteiger partial charge >= 0.3 is 5.97 Å². The molecule has 0 amide bonds. The van der Waals surface area contributed by atoms with Gasteiger partial charge < -0.3 is 14.7 Å². The number of carboxylic acids is 1. The Kier molecular flexibility index (Phi) is 3.45. The van der Waals surface area contributed by atoms with E-state index in [1.165, 1.54) is 6.42 Å². The van der Waals surface area contributed by atoms with Crippen LogP contribution < -0.4 is 9.64 Å². The molecule has 98 valence electrons. The molecule has 18 heavy (non-hydrogen) atoms. The van der Waals surface area contributed by atoms with Crippen LogP contribution in [0.25, 0.3) is 0 Å². The summed E-state index contributed by atoms with van der Waals surface area (Å²) in [7, 11) is 3.52. The summed E-state index contributed by atoms with van der Waals surface area (Å²) >= 11 is 0. The maximum absolute atomic E-state index is 11.2. The van der Waals surface area contributed by atoms with Gasteiger partial charge in [0.05, 0.1) is 18.4 Å². The summed E-state index contributed by atoms with van der Waals surface area (Å²) < 4.78 is 5.16. The Balaban J connectivity index is 2.24. The van der Waals surface area contributed by atoms with Crippen LogP contribution in [0.4, 0.5) is 5.69 Å². The summed E-state index contributed by atoms with van der Waals surface area (Å²) in [6, 6.07) is 5.07. The van der Waals surface area contributed by atoms with Crippen molar-refractivity contribution in [2.24, 2.45) is 11.8 Å². The summed E-state index contributed by atoms with van der Waals surface area (Å²) in [6.07, 6.45) is 1.23. The van der Waals surface area contributed by atoms with Crippen molar-refractivity contribution in [2.75, 3.05) is 25.6 Å². The second kappa shape index (κ2) is 4.88. The number of carboxylic acid groups (broad SMARTS) is 1. The number of benzene rings is 1. The van der Waals surface area contributed by atoms with Crippen molar-refractivity contribution in [3.63, 3.8) is 0 Å². The summed E-state index contributed by atoms with van der Waals surface area (Å²) in [5.74, 6) is 1.23. The van der Waals surface area contributed by atoms with Gasteiger partial charge in [-0.3, -0.25) is 0 Å². The first-order valence-corrected chi connectivity index (χ1v) is 6.15. The van der Waals surface area contributed by atoms with E-state index in [1.54, 1.807) is 25.3 Å². The van der Waals surface area contributed by atoms with E-state index in [0.717, 1.165) is 18.2 Å². The summed E-state index contributed by atoms with van der Waals surface area (Å²) in [6.45, 7) is 3.12. The average Bonchev–Trinajstić information content (AvgIpc) is 3.03. The standard InChI is InChI=1S/C14H19NO3/c1-9-6-10(9)8-15(2)13-7-11(18-3)4-5-12(13)14(16)17/h4-5,7,9-10H,6,8H2,1-3H3,(H,16,17). The van der Waals surface area contributed by atoms with Gasteiger partial charge in [-0.25, -0.2) is 4.79 Å². The van der Waals surface area contributed by atoms with Crippen LogP contribution >= 0.6 is 0 Å². The zero-order chi connectivity index (χ0) is 13.3. The Labute approximate surface area is 107 Å². The first-order chi connectivity index (χ1) is 8.52. The van der Waals surface area contributed by atoms with E-state index in [4.69, 9.17) is 4.74 Å². The van der Waals surface area contributed by atoms with Crippen LogP contribution in [0.2, 0.25) is 0 Å². The minimum absolute atomic E-state index is 0.326. The molecule has 1 saturated carbocycles. The van der Waals surface area contributed by atoms with Crippen LogP contribution in [0.5, 0.6) is 5.75 Å². The largest absolute Gasteiger partial charge is 0.497 e. The van der Waals surface area contributed by atoms with Crippen LogP contribution in [-0.4, -0.2) is 31.8 Å². The molecule has 0 aromatic heterocycles. The Morgan fingerprint density at radius 2 is 2.22 bits per heavy atom. The normalized spacial score (nSPS) is 21.5. The number of methoxy groups -OCH3 is 1. The molecule has 2 unspecified atom stereocenters. The monoisotopic (exact) mass is 249 g/mol. The molecule has 0 spiro atoms. The molecule has 1 aliphatic rings. The smallest absolute Gasteiger partial charge is 0.337 e. The van der Waals surface area contributed by atoms with Crippen LogP contribution in [0.3, 0.4) is 0 Å². The van der Waals surface area contributed by atoms with E-state index in [9.17, 15) is 9.90 Å². The van der Waals surface area contributed by atoms with Gasteiger partial charge in [-0.15, -0.1) is 0 Å². The molecule has 1 aromatic carbocycles. The van der Waals surface area contributed by atoms with Crippen molar-refractivity contribution in [3.05, 3.63) is 23.8 Å². The number of aromatic carboxylic acids is 1. The highest BCUT2D eigenvalue weighted by Crippen LogP contribution is 2.39. The topological polar surface area (TPSA) is 49.8 Å². The number of anilines is 1. The molecule has 4 heteroatoms. The molecular weight excluding hydrogens is 230 g/mol. The molecule has 0 radical (unpaired) electrons. The van der Waals surface area contributed by atoms with Crippen molar-refractivity contribution in [1.29, 1.82) is 0 Å². The Bertz CT molecular complexity index is 458. The predicted molar refractivity (Wildman–Crippen MR) is 70.5 cm³/mol. The Morgan fingerprint density at radius 3 is 2.72 bits per heavy atom. The summed E-state index contributed by atoms with van der Waals surface area (Å²) in [5.41, 5.74) is 1.05. The van der Waals surface area contributed by atoms with Crippen molar-refractivity contribution < 1.29 is 14.6 Å². The summed E-state index contributed by atoms with van der Waals surface area (Å²) in [4.78, 5) is 13.2. The van der Waals surface area contributed by atoms with Crippen LogP contribution in [0, 0.1) is 11.8 Å². The van der Waals surface area contributed by atoms with Gasteiger partial charge in [0.1, 0.15) is 5.75 Å². The van der Waals surface area contributed by atoms with Gasteiger partial charge in [0.25, 0.3) is 0 Å². The van der Waals surface area contributed by atoms with Crippen molar-refractivity contribution >= 4 is 11.7 Å². The van der Waals surface area contributed by atoms with E-state index in [0.29, 0.717) is 17.2 Å². The molecule has 2 atom stereocenters. The first kappa shape index (κ1) is 12.7. The van der Waals surface area contributed by atoms with Gasteiger partial charge in [-0.05, 0) is 30.4 Å². The minimum atomic E-state index is -0.900. The SMILES string of the molecule is COc1ccc(C(=O)O)c(N(C)CC2CC2C)c1. The van der Waals surface area contributed by atoms with Gasteiger partial charge in [-0.1, -0.05) is 6.92 Å². The predicted octanol–water partition coefficient (Wildman–Crippen LogP) is 2.49. The molecule has 0 bridgehead atoms. The van der Waals surface area contributed by atoms with E-state index < -0.39 is 5.97 Å². The number of nitrogens with zero attached hydrogens (tertiary/aromatic N) is 1. The minimum Gasteiger partial charge on any atom is -0.497 e. The third-order valence-electron chi connectivity index (χ3n) is 3.63. The van der Waals surface area contributed by atoms with E-state index in [2.05, 4.69) is 6.92 Å². The molecule has 0 aliphatic heterocycles. The molecule has 1 aromatic rings. The zero-order valence-corrected chi connectivity index (χ0v) is 11.0. The molecule has 1 N–H and O–H groups in total. The molecule has 2 rings (SSSR count). The fraction of sp³-hybridized carbons (Fsp3) is 0.500. The fourth-order valence-corrected chi connectivity index (χ4v) is 2.24. The molecule has 0 heterocycles. The van der Waals surface area contributed by atoms with Gasteiger partial charge in [-0.2, -0.15) is 0 Å². The quantitative estimate of drug-likeness (QED) is 0.871. The lowest BCUT2D eigenvalue weighted by Crippen LogP contribution is -2.23. The Morgan fingerprint density at radius 1 is 1.56 bits per heavy atom. The van der Waals surface area contributed by atoms with Gasteiger partial charge in [0.2, 0.25) is 0 Å². The van der Waals surface area contributed by atoms with Crippen LogP contribution in [0.1, 0.15) is 23.7 Å². The van der Waals surface area contributed by atoms with E-state index in [-0.39, 0.29) is 0 Å². The second-order valence-electron chi connectivity index (χ2n) is 5.04. The zero-order valence-electron chi connectivity index (χ0n) is 11.0. The lowest BCUT2D eigenvalue weighted by molar-refractivity contribution is 0.0697. The number of rotatable bonds is 5. The molecular formula is C14H19NO3. The highest BCUT2D eigenvalue weighted by molar-refractivity contribution is 5.94. The number of hydrogen-bond donors (Lipinski definition) is 1. The third kappa shape index (κ3) is 2.58. The van der Waals surface area contributed by atoms with Gasteiger partial charge in [0, 0.05) is 19.7 Å². The maximum atomic E-state index is 11.2. The highest BCUT2D eigenvalue weighted by atomic mass is 16.5. The highest BCUT2D eigenvalue weighted by Gasteiger charge is 2.33. The van der Waals surface area contributed by atoms with Crippen LogP contribution in [-0.2, 0) is 0 Å². The Hall–Kier alpha value is -1.71. The molecule has 1 fully saturated rings. The van der Waals surface area contributed by atoms with Crippen molar-refractivity contribution in [3.8, 4) is 5.75 Å². The lowest BCUT2D eigenvalue weighted by Gasteiger charge is -2.22. The summed E-state index contributed by atoms with van der Waals surface area (Å²) in [5, 5.41) is 9.21. The van der Waals surface area contributed by atoms with Crippen LogP contribution in [0.15, 0.2) is 18.2 Å². The first-order valence-electron chi connectivity index (χ1n) is 6.15. The number of ether oxygens (including phenoxy) is 1. The molecule has 0 saturated heterocycles. The fourth-order valence-electron chi connectivity index (χ4n) is 2.24. The molecule has 4 nitrogen and oxygen atoms in total. The van der Waals surface area contributed by atoms with E-state index >= 15 is 0 Å².